The zero-order valence-corrected chi connectivity index (χ0v) is 12.2. The van der Waals surface area contributed by atoms with Crippen molar-refractivity contribution in [2.24, 2.45) is 11.8 Å². The number of carbonyl (C=O) groups excluding carboxylic acids is 1. The molecule has 1 aromatic carbocycles. The summed E-state index contributed by atoms with van der Waals surface area (Å²) in [7, 11) is 0. The molecule has 1 unspecified atom stereocenters. The number of benzene rings is 1. The van der Waals surface area contributed by atoms with Crippen LogP contribution in [-0.2, 0) is 0 Å². The van der Waals surface area contributed by atoms with Gasteiger partial charge in [0.25, 0.3) is 0 Å². The zero-order chi connectivity index (χ0) is 14.1. The van der Waals surface area contributed by atoms with Gasteiger partial charge in [0.05, 0.1) is 0 Å². The van der Waals surface area contributed by atoms with E-state index in [0.717, 1.165) is 17.7 Å². The number of allylic oxidation sites excluding steroid dienone is 2. The number of rotatable bonds is 2. The van der Waals surface area contributed by atoms with Gasteiger partial charge < -0.3 is 4.74 Å². The fourth-order valence-electron chi connectivity index (χ4n) is 2.22. The van der Waals surface area contributed by atoms with E-state index in [4.69, 9.17) is 4.74 Å². The van der Waals surface area contributed by atoms with Crippen molar-refractivity contribution in [3.63, 3.8) is 0 Å². The van der Waals surface area contributed by atoms with Crippen molar-refractivity contribution in [3.8, 4) is 5.75 Å². The van der Waals surface area contributed by atoms with Gasteiger partial charge in [-0.25, -0.2) is 9.18 Å². The Morgan fingerprint density at radius 3 is 2.55 bits per heavy atom. The number of carbonyl (C=O) groups is 1. The van der Waals surface area contributed by atoms with Gasteiger partial charge in [-0.1, -0.05) is 34.1 Å². The summed E-state index contributed by atoms with van der Waals surface area (Å²) in [5.74, 6) is 0.243. The predicted molar refractivity (Wildman–Crippen MR) is 76.7 cm³/mol. The first-order valence-electron chi connectivity index (χ1n) is 6.45. The van der Waals surface area contributed by atoms with Crippen molar-refractivity contribution in [1.29, 1.82) is 0 Å². The fourth-order valence-corrected chi connectivity index (χ4v) is 3.04. The van der Waals surface area contributed by atoms with E-state index in [1.165, 1.54) is 6.20 Å². The van der Waals surface area contributed by atoms with Crippen molar-refractivity contribution in [2.75, 3.05) is 0 Å². The van der Waals surface area contributed by atoms with Gasteiger partial charge in [-0.15, -0.1) is 0 Å². The number of hydrogen-bond donors (Lipinski definition) is 0. The molecule has 1 atom stereocenters. The second kappa shape index (κ2) is 5.40. The van der Waals surface area contributed by atoms with E-state index in [0.29, 0.717) is 16.1 Å². The normalized spacial score (nSPS) is 22.1. The molecule has 1 amide bonds. The molecule has 0 saturated heterocycles. The van der Waals surface area contributed by atoms with Crippen LogP contribution >= 0.6 is 15.9 Å². The molecule has 0 bridgehead atoms. The van der Waals surface area contributed by atoms with Crippen LogP contribution in [0.3, 0.4) is 0 Å². The van der Waals surface area contributed by atoms with Crippen molar-refractivity contribution < 1.29 is 13.9 Å². The Morgan fingerprint density at radius 1 is 1.25 bits per heavy atom. The van der Waals surface area contributed by atoms with Gasteiger partial charge in [-0.05, 0) is 30.9 Å². The van der Waals surface area contributed by atoms with Crippen LogP contribution in [0, 0.1) is 11.8 Å². The highest BCUT2D eigenvalue weighted by Crippen LogP contribution is 2.47. The Hall–Kier alpha value is -1.62. The minimum absolute atomic E-state index is 0.240. The number of halogens is 2. The highest BCUT2D eigenvalue weighted by molar-refractivity contribution is 9.11. The van der Waals surface area contributed by atoms with Crippen molar-refractivity contribution in [1.82, 2.24) is 4.90 Å². The van der Waals surface area contributed by atoms with Crippen LogP contribution in [0.4, 0.5) is 9.18 Å². The molecule has 0 N–H and O–H groups in total. The second-order valence-corrected chi connectivity index (χ2v) is 5.85. The van der Waals surface area contributed by atoms with Gasteiger partial charge in [-0.2, -0.15) is 0 Å². The minimum Gasteiger partial charge on any atom is -0.410 e. The molecule has 2 aliphatic rings. The molecule has 0 aromatic heterocycles. The Morgan fingerprint density at radius 2 is 1.95 bits per heavy atom. The maximum atomic E-state index is 14.1. The third-order valence-corrected chi connectivity index (χ3v) is 4.07. The molecule has 1 saturated carbocycles. The molecular formula is C15H13BrFNO2. The van der Waals surface area contributed by atoms with Crippen LogP contribution in [0.5, 0.6) is 5.75 Å². The smallest absolute Gasteiger partial charge is 0.410 e. The average Bonchev–Trinajstić information content (AvgIpc) is 3.23. The summed E-state index contributed by atoms with van der Waals surface area (Å²) < 4.78 is 19.9. The summed E-state index contributed by atoms with van der Waals surface area (Å²) in [4.78, 5) is 13.1. The largest absolute Gasteiger partial charge is 0.423 e. The number of nitrogens with zero attached hydrogens (tertiary/aromatic N) is 1. The average molecular weight is 338 g/mol. The maximum absolute atomic E-state index is 14.1. The van der Waals surface area contributed by atoms with Crippen LogP contribution in [0.15, 0.2) is 53.0 Å². The summed E-state index contributed by atoms with van der Waals surface area (Å²) in [5.41, 5.74) is 0. The lowest BCUT2D eigenvalue weighted by Crippen LogP contribution is -2.28. The van der Waals surface area contributed by atoms with Gasteiger partial charge in [0, 0.05) is 22.8 Å². The van der Waals surface area contributed by atoms with Crippen molar-refractivity contribution in [3.05, 3.63) is 53.0 Å². The molecule has 1 aliphatic heterocycles. The van der Waals surface area contributed by atoms with Crippen LogP contribution in [0.1, 0.15) is 12.8 Å². The molecule has 3 nitrogen and oxygen atoms in total. The van der Waals surface area contributed by atoms with Crippen LogP contribution in [0.2, 0.25) is 0 Å². The van der Waals surface area contributed by atoms with Gasteiger partial charge in [0.2, 0.25) is 0 Å². The van der Waals surface area contributed by atoms with Crippen molar-refractivity contribution in [2.45, 2.75) is 12.8 Å². The van der Waals surface area contributed by atoms with E-state index in [-0.39, 0.29) is 11.7 Å². The fraction of sp³-hybridized carbons (Fsp3) is 0.267. The molecule has 0 radical (unpaired) electrons. The Labute approximate surface area is 124 Å². The molecular weight excluding hydrogens is 325 g/mol. The van der Waals surface area contributed by atoms with E-state index in [9.17, 15) is 9.18 Å². The van der Waals surface area contributed by atoms with Gasteiger partial charge in [0.15, 0.2) is 0 Å². The van der Waals surface area contributed by atoms with E-state index in [2.05, 4.69) is 15.9 Å². The molecule has 1 aromatic rings. The molecule has 1 heterocycles. The number of para-hydroxylation sites is 1. The first-order chi connectivity index (χ1) is 9.65. The van der Waals surface area contributed by atoms with Gasteiger partial charge in [0.1, 0.15) is 11.6 Å². The first kappa shape index (κ1) is 13.4. The minimum atomic E-state index is -0.627. The van der Waals surface area contributed by atoms with Crippen molar-refractivity contribution >= 4 is 22.0 Å². The summed E-state index contributed by atoms with van der Waals surface area (Å²) in [6, 6.07) is 8.71. The van der Waals surface area contributed by atoms with Gasteiger partial charge in [-0.3, -0.25) is 4.90 Å². The van der Waals surface area contributed by atoms with E-state index < -0.39 is 6.09 Å². The standard InChI is InChI=1S/C15H13BrFNO2/c16-12-8-18(9-13(17)14(12)10-6-7-10)15(19)20-11-4-2-1-3-5-11/h1-5,8-10,14H,6-7H2. The number of amides is 1. The molecule has 1 fully saturated rings. The predicted octanol–water partition coefficient (Wildman–Crippen LogP) is 4.57. The SMILES string of the molecule is O=C(Oc1ccccc1)N1C=C(F)C(C2CC2)C(Br)=C1. The highest BCUT2D eigenvalue weighted by Gasteiger charge is 2.38. The topological polar surface area (TPSA) is 29.5 Å². The van der Waals surface area contributed by atoms with Gasteiger partial charge >= 0.3 is 6.09 Å². The second-order valence-electron chi connectivity index (χ2n) is 4.93. The third kappa shape index (κ3) is 2.77. The quantitative estimate of drug-likeness (QED) is 0.790. The lowest BCUT2D eigenvalue weighted by Gasteiger charge is -2.24. The van der Waals surface area contributed by atoms with E-state index in [1.807, 2.05) is 6.07 Å². The molecule has 3 rings (SSSR count). The summed E-state index contributed by atoms with van der Waals surface area (Å²) in [5, 5.41) is 0. The molecule has 104 valence electrons. The lowest BCUT2D eigenvalue weighted by atomic mass is 10.0. The monoisotopic (exact) mass is 337 g/mol. The summed E-state index contributed by atoms with van der Waals surface area (Å²) >= 11 is 3.36. The maximum Gasteiger partial charge on any atom is 0.423 e. The zero-order valence-electron chi connectivity index (χ0n) is 10.6. The van der Waals surface area contributed by atoms with Crippen LogP contribution in [-0.4, -0.2) is 11.0 Å². The number of hydrogen-bond acceptors (Lipinski definition) is 2. The number of ether oxygens (including phenoxy) is 1. The first-order valence-corrected chi connectivity index (χ1v) is 7.24. The lowest BCUT2D eigenvalue weighted by molar-refractivity contribution is 0.179. The highest BCUT2D eigenvalue weighted by atomic mass is 79.9. The van der Waals surface area contributed by atoms with E-state index >= 15 is 0 Å². The Kier molecular flexibility index (Phi) is 3.61. The summed E-state index contributed by atoms with van der Waals surface area (Å²) in [6.07, 6.45) is 4.22. The van der Waals surface area contributed by atoms with E-state index in [1.54, 1.807) is 30.5 Å². The van der Waals surface area contributed by atoms with Crippen LogP contribution < -0.4 is 4.74 Å². The third-order valence-electron chi connectivity index (χ3n) is 3.37. The molecule has 0 spiro atoms. The Bertz CT molecular complexity index is 561. The Balaban J connectivity index is 1.73. The van der Waals surface area contributed by atoms with Crippen LogP contribution in [0.25, 0.3) is 0 Å². The summed E-state index contributed by atoms with van der Waals surface area (Å²) in [6.45, 7) is 0. The molecule has 1 aliphatic carbocycles. The molecule has 5 heteroatoms. The molecule has 20 heavy (non-hydrogen) atoms.